The first-order valence-corrected chi connectivity index (χ1v) is 9.75. The molecule has 0 saturated carbocycles. The minimum atomic E-state index is -0.585. The molecule has 148 valence electrons. The molecule has 0 spiro atoms. The van der Waals surface area contributed by atoms with E-state index in [1.54, 1.807) is 0 Å². The van der Waals surface area contributed by atoms with Gasteiger partial charge in [0.2, 0.25) is 0 Å². The fourth-order valence-electron chi connectivity index (χ4n) is 4.02. The summed E-state index contributed by atoms with van der Waals surface area (Å²) in [7, 11) is 0. The molecule has 4 aromatic rings. The van der Waals surface area contributed by atoms with E-state index in [1.807, 2.05) is 24.7 Å². The molecule has 5 rings (SSSR count). The Morgan fingerprint density at radius 3 is 3.00 bits per heavy atom. The summed E-state index contributed by atoms with van der Waals surface area (Å²) in [4.78, 5) is 9.08. The molecule has 0 amide bonds. The highest BCUT2D eigenvalue weighted by atomic mass is 19.1. The Morgan fingerprint density at radius 1 is 1.24 bits per heavy atom. The van der Waals surface area contributed by atoms with Crippen LogP contribution in [0.15, 0.2) is 48.9 Å². The van der Waals surface area contributed by atoms with Crippen molar-refractivity contribution in [2.45, 2.75) is 38.9 Å². The maximum atomic E-state index is 14.1. The van der Waals surface area contributed by atoms with Crippen LogP contribution in [0.2, 0.25) is 0 Å². The number of aryl methyl sites for hydroxylation is 2. The van der Waals surface area contributed by atoms with Crippen molar-refractivity contribution < 1.29 is 8.78 Å². The van der Waals surface area contributed by atoms with Gasteiger partial charge in [-0.25, -0.2) is 18.7 Å². The number of hydrogen-bond acceptors (Lipinski definition) is 3. The van der Waals surface area contributed by atoms with Crippen molar-refractivity contribution in [3.8, 4) is 11.3 Å². The largest absolute Gasteiger partial charge is 0.333 e. The molecule has 0 fully saturated rings. The number of imidazole rings is 2. The van der Waals surface area contributed by atoms with Crippen molar-refractivity contribution in [2.75, 3.05) is 0 Å². The Kier molecular flexibility index (Phi) is 4.39. The summed E-state index contributed by atoms with van der Waals surface area (Å²) in [6.45, 7) is 3.54. The zero-order valence-electron chi connectivity index (χ0n) is 16.1. The molecule has 1 aliphatic heterocycles. The van der Waals surface area contributed by atoms with E-state index in [0.717, 1.165) is 54.7 Å². The predicted molar refractivity (Wildman–Crippen MR) is 106 cm³/mol. The van der Waals surface area contributed by atoms with Crippen molar-refractivity contribution in [3.63, 3.8) is 0 Å². The number of hydrogen-bond donors (Lipinski definition) is 1. The number of nitrogens with one attached hydrogen (secondary N) is 1. The highest BCUT2D eigenvalue weighted by Gasteiger charge is 2.22. The molecule has 0 saturated heterocycles. The van der Waals surface area contributed by atoms with E-state index in [4.69, 9.17) is 0 Å². The van der Waals surface area contributed by atoms with Crippen LogP contribution in [-0.2, 0) is 19.5 Å². The van der Waals surface area contributed by atoms with Crippen LogP contribution < -0.4 is 5.32 Å². The van der Waals surface area contributed by atoms with E-state index in [1.165, 1.54) is 12.1 Å². The minimum Gasteiger partial charge on any atom is -0.333 e. The maximum Gasteiger partial charge on any atom is 0.139 e. The standard InChI is InChI=1S/C22H21F2N5/c1-14-3-2-8-29-17(11-26-22(14)29)10-25-16-5-7-21-27-20(13-28(21)12-16)18-6-4-15(23)9-19(18)24/h2-4,6,8-9,11,13,16,25H,5,7,10,12H2,1H3. The van der Waals surface area contributed by atoms with Crippen LogP contribution in [0.25, 0.3) is 16.9 Å². The lowest BCUT2D eigenvalue weighted by Gasteiger charge is -2.24. The van der Waals surface area contributed by atoms with Crippen LogP contribution in [0.4, 0.5) is 8.78 Å². The third-order valence-corrected chi connectivity index (χ3v) is 5.58. The van der Waals surface area contributed by atoms with Crippen molar-refractivity contribution in [1.82, 2.24) is 24.3 Å². The molecule has 1 unspecified atom stereocenters. The van der Waals surface area contributed by atoms with Gasteiger partial charge in [-0.15, -0.1) is 0 Å². The first kappa shape index (κ1) is 18.0. The van der Waals surface area contributed by atoms with E-state index in [0.29, 0.717) is 11.3 Å². The molecule has 1 atom stereocenters. The quantitative estimate of drug-likeness (QED) is 0.572. The van der Waals surface area contributed by atoms with Crippen molar-refractivity contribution in [2.24, 2.45) is 0 Å². The lowest BCUT2D eigenvalue weighted by molar-refractivity contribution is 0.377. The van der Waals surface area contributed by atoms with E-state index < -0.39 is 11.6 Å². The van der Waals surface area contributed by atoms with Gasteiger partial charge in [0.15, 0.2) is 0 Å². The summed E-state index contributed by atoms with van der Waals surface area (Å²) in [6, 6.07) is 7.98. The van der Waals surface area contributed by atoms with Crippen LogP contribution in [-0.4, -0.2) is 25.0 Å². The maximum absolute atomic E-state index is 14.1. The molecule has 1 aromatic carbocycles. The second kappa shape index (κ2) is 7.08. The number of pyridine rings is 1. The Bertz CT molecular complexity index is 1190. The molecule has 3 aromatic heterocycles. The van der Waals surface area contributed by atoms with Gasteiger partial charge < -0.3 is 14.3 Å². The lowest BCUT2D eigenvalue weighted by atomic mass is 10.1. The van der Waals surface area contributed by atoms with Gasteiger partial charge in [0.1, 0.15) is 23.1 Å². The van der Waals surface area contributed by atoms with Gasteiger partial charge in [-0.05, 0) is 37.1 Å². The Labute approximate surface area is 167 Å². The summed E-state index contributed by atoms with van der Waals surface area (Å²) in [5, 5.41) is 3.61. The molecule has 7 heteroatoms. The second-order valence-corrected chi connectivity index (χ2v) is 7.57. The van der Waals surface area contributed by atoms with Crippen molar-refractivity contribution in [1.29, 1.82) is 0 Å². The van der Waals surface area contributed by atoms with Gasteiger partial charge in [0, 0.05) is 49.6 Å². The van der Waals surface area contributed by atoms with Crippen LogP contribution in [0.1, 0.15) is 23.5 Å². The van der Waals surface area contributed by atoms with Gasteiger partial charge in [0.25, 0.3) is 0 Å². The SMILES string of the molecule is Cc1cccn2c(CNC3CCc4nc(-c5ccc(F)cc5F)cn4C3)cnc12. The number of benzene rings is 1. The average molecular weight is 393 g/mol. The highest BCUT2D eigenvalue weighted by Crippen LogP contribution is 2.25. The van der Waals surface area contributed by atoms with Crippen LogP contribution in [0.5, 0.6) is 0 Å². The normalized spacial score (nSPS) is 16.3. The third kappa shape index (κ3) is 3.31. The van der Waals surface area contributed by atoms with Gasteiger partial charge in [-0.1, -0.05) is 6.07 Å². The Balaban J connectivity index is 1.31. The topological polar surface area (TPSA) is 47.1 Å². The number of nitrogens with zero attached hydrogens (tertiary/aromatic N) is 4. The number of aromatic nitrogens is 4. The molecule has 1 N–H and O–H groups in total. The fourth-order valence-corrected chi connectivity index (χ4v) is 4.02. The van der Waals surface area contributed by atoms with Gasteiger partial charge in [-0.3, -0.25) is 0 Å². The summed E-state index contributed by atoms with van der Waals surface area (Å²) >= 11 is 0. The van der Waals surface area contributed by atoms with E-state index in [9.17, 15) is 8.78 Å². The Hall–Kier alpha value is -3.06. The van der Waals surface area contributed by atoms with Crippen molar-refractivity contribution in [3.05, 3.63) is 77.6 Å². The first-order valence-electron chi connectivity index (χ1n) is 9.75. The summed E-state index contributed by atoms with van der Waals surface area (Å²) in [6.07, 6.45) is 7.57. The van der Waals surface area contributed by atoms with E-state index in [-0.39, 0.29) is 6.04 Å². The van der Waals surface area contributed by atoms with E-state index in [2.05, 4.69) is 37.2 Å². The molecule has 0 radical (unpaired) electrons. The molecule has 4 heterocycles. The monoisotopic (exact) mass is 393 g/mol. The summed E-state index contributed by atoms with van der Waals surface area (Å²) in [5.41, 5.74) is 4.14. The lowest BCUT2D eigenvalue weighted by Crippen LogP contribution is -2.37. The minimum absolute atomic E-state index is 0.290. The summed E-state index contributed by atoms with van der Waals surface area (Å²) in [5.74, 6) is -0.229. The molecule has 1 aliphatic rings. The smallest absolute Gasteiger partial charge is 0.139 e. The number of halogens is 2. The van der Waals surface area contributed by atoms with E-state index >= 15 is 0 Å². The summed E-state index contributed by atoms with van der Waals surface area (Å²) < 4.78 is 31.5. The molecular formula is C22H21F2N5. The van der Waals surface area contributed by atoms with Crippen LogP contribution in [0.3, 0.4) is 0 Å². The van der Waals surface area contributed by atoms with Crippen molar-refractivity contribution >= 4 is 5.65 Å². The predicted octanol–water partition coefficient (Wildman–Crippen LogP) is 3.89. The molecular weight excluding hydrogens is 372 g/mol. The molecule has 0 bridgehead atoms. The Morgan fingerprint density at radius 2 is 2.14 bits per heavy atom. The molecule has 29 heavy (non-hydrogen) atoms. The third-order valence-electron chi connectivity index (χ3n) is 5.58. The van der Waals surface area contributed by atoms with Gasteiger partial charge in [0.05, 0.1) is 17.6 Å². The van der Waals surface area contributed by atoms with Gasteiger partial charge in [-0.2, -0.15) is 0 Å². The number of rotatable bonds is 4. The highest BCUT2D eigenvalue weighted by molar-refractivity contribution is 5.59. The zero-order chi connectivity index (χ0) is 20.0. The second-order valence-electron chi connectivity index (χ2n) is 7.57. The molecule has 0 aliphatic carbocycles. The fraction of sp³-hybridized carbons (Fsp3) is 0.273. The molecule has 5 nitrogen and oxygen atoms in total. The zero-order valence-corrected chi connectivity index (χ0v) is 16.1. The van der Waals surface area contributed by atoms with Gasteiger partial charge >= 0.3 is 0 Å². The van der Waals surface area contributed by atoms with Crippen LogP contribution >= 0.6 is 0 Å². The first-order chi connectivity index (χ1) is 14.1. The van der Waals surface area contributed by atoms with Crippen LogP contribution in [0, 0.1) is 18.6 Å². The average Bonchev–Trinajstić information content (AvgIpc) is 3.30. The number of fused-ring (bicyclic) bond motifs is 2.